The highest BCUT2D eigenvalue weighted by Gasteiger charge is 2.20. The van der Waals surface area contributed by atoms with E-state index >= 15 is 0 Å². The summed E-state index contributed by atoms with van der Waals surface area (Å²) in [4.78, 5) is 2.50. The minimum Gasteiger partial charge on any atom is -0.371 e. The van der Waals surface area contributed by atoms with E-state index in [2.05, 4.69) is 54.4 Å². The van der Waals surface area contributed by atoms with Crippen molar-refractivity contribution >= 4 is 5.69 Å². The number of nitrogens with one attached hydrogen (secondary N) is 1. The Morgan fingerprint density at radius 3 is 2.50 bits per heavy atom. The quantitative estimate of drug-likeness (QED) is 0.856. The number of nitrogens with zero attached hydrogens (tertiary/aromatic N) is 1. The van der Waals surface area contributed by atoms with E-state index in [0.717, 1.165) is 0 Å². The fraction of sp³-hybridized carbons (Fsp3) is 0.625. The van der Waals surface area contributed by atoms with Crippen molar-refractivity contribution in [1.29, 1.82) is 0 Å². The third-order valence-electron chi connectivity index (χ3n) is 3.86. The van der Waals surface area contributed by atoms with E-state index in [1.807, 2.05) is 0 Å². The first-order valence-corrected chi connectivity index (χ1v) is 7.35. The Kier molecular flexibility index (Phi) is 5.06. The molecule has 1 saturated heterocycles. The Labute approximate surface area is 111 Å². The molecule has 0 bridgehead atoms. The normalized spacial score (nSPS) is 18.9. The van der Waals surface area contributed by atoms with Crippen LogP contribution in [0, 0.1) is 0 Å². The van der Waals surface area contributed by atoms with Gasteiger partial charge in [0.05, 0.1) is 0 Å². The average Bonchev–Trinajstić information content (AvgIpc) is 2.41. The number of benzene rings is 1. The van der Waals surface area contributed by atoms with E-state index in [9.17, 15) is 0 Å². The summed E-state index contributed by atoms with van der Waals surface area (Å²) < 4.78 is 0. The molecule has 2 rings (SSSR count). The summed E-state index contributed by atoms with van der Waals surface area (Å²) in [5.74, 6) is 0. The van der Waals surface area contributed by atoms with E-state index in [1.165, 1.54) is 44.5 Å². The second-order valence-corrected chi connectivity index (χ2v) is 5.45. The van der Waals surface area contributed by atoms with Crippen LogP contribution >= 0.6 is 0 Å². The molecular weight excluding hydrogens is 220 g/mol. The van der Waals surface area contributed by atoms with Gasteiger partial charge in [0, 0.05) is 30.9 Å². The molecule has 18 heavy (non-hydrogen) atoms. The zero-order valence-electron chi connectivity index (χ0n) is 11.7. The molecule has 1 heterocycles. The lowest BCUT2D eigenvalue weighted by molar-refractivity contribution is 0.365. The highest BCUT2D eigenvalue weighted by atomic mass is 15.1. The molecule has 0 radical (unpaired) electrons. The zero-order valence-corrected chi connectivity index (χ0v) is 11.7. The van der Waals surface area contributed by atoms with Crippen LogP contribution in [0.3, 0.4) is 0 Å². The summed E-state index contributed by atoms with van der Waals surface area (Å²) >= 11 is 0. The Morgan fingerprint density at radius 2 is 1.89 bits per heavy atom. The number of para-hydroxylation sites is 1. The SMILES string of the molecule is CCCC(C)NC1CCN(c2ccccc2)CC1. The maximum Gasteiger partial charge on any atom is 0.0366 e. The van der Waals surface area contributed by atoms with Crippen molar-refractivity contribution in [3.63, 3.8) is 0 Å². The topological polar surface area (TPSA) is 15.3 Å². The molecule has 0 amide bonds. The average molecular weight is 246 g/mol. The molecule has 0 aromatic heterocycles. The fourth-order valence-electron chi connectivity index (χ4n) is 2.86. The summed E-state index contributed by atoms with van der Waals surface area (Å²) in [7, 11) is 0. The summed E-state index contributed by atoms with van der Waals surface area (Å²) in [6, 6.07) is 12.2. The molecule has 1 aromatic rings. The smallest absolute Gasteiger partial charge is 0.0366 e. The van der Waals surface area contributed by atoms with Gasteiger partial charge in [-0.25, -0.2) is 0 Å². The van der Waals surface area contributed by atoms with Crippen molar-refractivity contribution in [2.24, 2.45) is 0 Å². The molecular formula is C16H26N2. The molecule has 1 atom stereocenters. The van der Waals surface area contributed by atoms with Gasteiger partial charge in [0.2, 0.25) is 0 Å². The first-order valence-electron chi connectivity index (χ1n) is 7.35. The van der Waals surface area contributed by atoms with Crippen LogP contribution in [0.4, 0.5) is 5.69 Å². The predicted molar refractivity (Wildman–Crippen MR) is 79.2 cm³/mol. The standard InChI is InChI=1S/C16H26N2/c1-3-7-14(2)17-15-10-12-18(13-11-15)16-8-5-4-6-9-16/h4-6,8-9,14-15,17H,3,7,10-13H2,1-2H3. The summed E-state index contributed by atoms with van der Waals surface area (Å²) in [6.07, 6.45) is 5.10. The van der Waals surface area contributed by atoms with Crippen molar-refractivity contribution < 1.29 is 0 Å². The molecule has 0 saturated carbocycles. The fourth-order valence-corrected chi connectivity index (χ4v) is 2.86. The third kappa shape index (κ3) is 3.74. The van der Waals surface area contributed by atoms with E-state index < -0.39 is 0 Å². The van der Waals surface area contributed by atoms with Crippen molar-refractivity contribution in [3.8, 4) is 0 Å². The minimum absolute atomic E-state index is 0.670. The maximum atomic E-state index is 3.77. The number of piperidine rings is 1. The largest absolute Gasteiger partial charge is 0.371 e. The van der Waals surface area contributed by atoms with Crippen molar-refractivity contribution in [2.45, 2.75) is 51.6 Å². The molecule has 2 nitrogen and oxygen atoms in total. The van der Waals surface area contributed by atoms with Crippen molar-refractivity contribution in [2.75, 3.05) is 18.0 Å². The Hall–Kier alpha value is -1.02. The van der Waals surface area contributed by atoms with E-state index in [-0.39, 0.29) is 0 Å². The highest BCUT2D eigenvalue weighted by Crippen LogP contribution is 2.19. The molecule has 1 N–H and O–H groups in total. The summed E-state index contributed by atoms with van der Waals surface area (Å²) in [6.45, 7) is 6.93. The van der Waals surface area contributed by atoms with Crippen molar-refractivity contribution in [1.82, 2.24) is 5.32 Å². The minimum atomic E-state index is 0.670. The van der Waals surface area contributed by atoms with Gasteiger partial charge in [-0.2, -0.15) is 0 Å². The number of hydrogen-bond donors (Lipinski definition) is 1. The van der Waals surface area contributed by atoms with Crippen LogP contribution in [0.2, 0.25) is 0 Å². The zero-order chi connectivity index (χ0) is 12.8. The van der Waals surface area contributed by atoms with Gasteiger partial charge in [-0.1, -0.05) is 31.5 Å². The van der Waals surface area contributed by atoms with Crippen LogP contribution in [0.25, 0.3) is 0 Å². The van der Waals surface area contributed by atoms with Crippen LogP contribution in [0.5, 0.6) is 0 Å². The molecule has 1 unspecified atom stereocenters. The summed E-state index contributed by atoms with van der Waals surface area (Å²) in [5, 5.41) is 3.77. The highest BCUT2D eigenvalue weighted by molar-refractivity contribution is 5.46. The van der Waals surface area contributed by atoms with Gasteiger partial charge in [0.15, 0.2) is 0 Å². The van der Waals surface area contributed by atoms with E-state index in [4.69, 9.17) is 0 Å². The Morgan fingerprint density at radius 1 is 1.22 bits per heavy atom. The van der Waals surface area contributed by atoms with Gasteiger partial charge >= 0.3 is 0 Å². The molecule has 2 heteroatoms. The maximum absolute atomic E-state index is 3.77. The number of hydrogen-bond acceptors (Lipinski definition) is 2. The third-order valence-corrected chi connectivity index (χ3v) is 3.86. The first-order chi connectivity index (χ1) is 8.79. The molecule has 1 aromatic carbocycles. The Balaban J connectivity index is 1.78. The van der Waals surface area contributed by atoms with Crippen LogP contribution < -0.4 is 10.2 Å². The number of rotatable bonds is 5. The summed E-state index contributed by atoms with van der Waals surface area (Å²) in [5.41, 5.74) is 1.37. The van der Waals surface area contributed by atoms with Crippen LogP contribution in [0.15, 0.2) is 30.3 Å². The monoisotopic (exact) mass is 246 g/mol. The van der Waals surface area contributed by atoms with Gasteiger partial charge in [0.1, 0.15) is 0 Å². The predicted octanol–water partition coefficient (Wildman–Crippen LogP) is 3.43. The molecule has 100 valence electrons. The van der Waals surface area contributed by atoms with Crippen LogP contribution in [0.1, 0.15) is 39.5 Å². The van der Waals surface area contributed by atoms with Gasteiger partial charge in [-0.15, -0.1) is 0 Å². The first kappa shape index (κ1) is 13.4. The van der Waals surface area contributed by atoms with Gasteiger partial charge < -0.3 is 10.2 Å². The lowest BCUT2D eigenvalue weighted by Crippen LogP contribution is -2.45. The van der Waals surface area contributed by atoms with Crippen LogP contribution in [-0.4, -0.2) is 25.2 Å². The molecule has 0 spiro atoms. The van der Waals surface area contributed by atoms with Gasteiger partial charge in [0.25, 0.3) is 0 Å². The Bertz CT molecular complexity index is 328. The molecule has 1 aliphatic rings. The second kappa shape index (κ2) is 6.79. The second-order valence-electron chi connectivity index (χ2n) is 5.45. The van der Waals surface area contributed by atoms with Gasteiger partial charge in [-0.3, -0.25) is 0 Å². The van der Waals surface area contributed by atoms with E-state index in [1.54, 1.807) is 0 Å². The molecule has 1 fully saturated rings. The molecule has 1 aliphatic heterocycles. The van der Waals surface area contributed by atoms with Crippen LogP contribution in [-0.2, 0) is 0 Å². The van der Waals surface area contributed by atoms with Gasteiger partial charge in [-0.05, 0) is 38.3 Å². The molecule has 0 aliphatic carbocycles. The lowest BCUT2D eigenvalue weighted by Gasteiger charge is -2.35. The van der Waals surface area contributed by atoms with E-state index in [0.29, 0.717) is 12.1 Å². The number of anilines is 1. The lowest BCUT2D eigenvalue weighted by atomic mass is 10.0. The van der Waals surface area contributed by atoms with Crippen molar-refractivity contribution in [3.05, 3.63) is 30.3 Å².